The van der Waals surface area contributed by atoms with Gasteiger partial charge >= 0.3 is 0 Å². The average Bonchev–Trinajstić information content (AvgIpc) is 3.44. The van der Waals surface area contributed by atoms with Crippen molar-refractivity contribution < 1.29 is 4.79 Å². The molecule has 3 heterocycles. The molecule has 2 aliphatic rings. The van der Waals surface area contributed by atoms with E-state index >= 15 is 0 Å². The van der Waals surface area contributed by atoms with Crippen molar-refractivity contribution in [3.05, 3.63) is 66.6 Å². The van der Waals surface area contributed by atoms with Crippen LogP contribution in [0.4, 0.5) is 5.69 Å². The maximum Gasteiger partial charge on any atom is 0.250 e. The molecule has 5 rings (SSSR count). The van der Waals surface area contributed by atoms with Gasteiger partial charge in [-0.1, -0.05) is 36.9 Å². The first-order valence-corrected chi connectivity index (χ1v) is 11.0. The molecule has 1 aliphatic carbocycles. The molecule has 1 saturated carbocycles. The van der Waals surface area contributed by atoms with Gasteiger partial charge in [0.25, 0.3) is 0 Å². The van der Waals surface area contributed by atoms with E-state index in [4.69, 9.17) is 4.98 Å². The van der Waals surface area contributed by atoms with Crippen molar-refractivity contribution in [3.63, 3.8) is 0 Å². The Balaban J connectivity index is 1.56. The predicted octanol–water partition coefficient (Wildman–Crippen LogP) is 3.68. The number of amides is 1. The van der Waals surface area contributed by atoms with E-state index in [-0.39, 0.29) is 5.91 Å². The molecule has 160 valence electrons. The fraction of sp³-hybridized carbons (Fsp3) is 0.400. The number of hydrogen-bond donors (Lipinski definition) is 0. The fourth-order valence-corrected chi connectivity index (χ4v) is 5.45. The van der Waals surface area contributed by atoms with Gasteiger partial charge < -0.3 is 14.4 Å². The van der Waals surface area contributed by atoms with Crippen molar-refractivity contribution in [2.75, 3.05) is 32.1 Å². The molecular weight excluding hydrogens is 386 g/mol. The second-order valence-corrected chi connectivity index (χ2v) is 9.09. The first kappa shape index (κ1) is 19.9. The van der Waals surface area contributed by atoms with E-state index in [1.54, 1.807) is 18.1 Å². The number of benzene rings is 1. The van der Waals surface area contributed by atoms with Crippen molar-refractivity contribution in [1.29, 1.82) is 0 Å². The first-order valence-electron chi connectivity index (χ1n) is 11.0. The number of nitrogens with zero attached hydrogens (tertiary/aromatic N) is 5. The monoisotopic (exact) mass is 415 g/mol. The zero-order valence-electron chi connectivity index (χ0n) is 18.2. The summed E-state index contributed by atoms with van der Waals surface area (Å²) in [5.41, 5.74) is 3.72. The number of rotatable bonds is 5. The van der Waals surface area contributed by atoms with Crippen LogP contribution in [0, 0.1) is 11.8 Å². The summed E-state index contributed by atoms with van der Waals surface area (Å²) >= 11 is 0. The van der Waals surface area contributed by atoms with E-state index < -0.39 is 0 Å². The third-order valence-electron chi connectivity index (χ3n) is 7.00. The van der Waals surface area contributed by atoms with Crippen LogP contribution in [0.15, 0.2) is 55.3 Å². The molecule has 6 heteroatoms. The van der Waals surface area contributed by atoms with E-state index in [0.29, 0.717) is 5.92 Å². The third kappa shape index (κ3) is 3.65. The smallest absolute Gasteiger partial charge is 0.250 e. The summed E-state index contributed by atoms with van der Waals surface area (Å²) in [5, 5.41) is 0. The molecule has 3 atom stereocenters. The maximum atomic E-state index is 12.1. The minimum absolute atomic E-state index is 0.150. The second-order valence-electron chi connectivity index (χ2n) is 9.09. The van der Waals surface area contributed by atoms with Gasteiger partial charge in [0, 0.05) is 32.6 Å². The van der Waals surface area contributed by atoms with Gasteiger partial charge in [-0.25, -0.2) is 9.97 Å². The molecule has 0 N–H and O–H groups in total. The number of hydrogen-bond acceptors (Lipinski definition) is 4. The quantitative estimate of drug-likeness (QED) is 0.597. The predicted molar refractivity (Wildman–Crippen MR) is 123 cm³/mol. The van der Waals surface area contributed by atoms with Crippen molar-refractivity contribution in [2.24, 2.45) is 11.8 Å². The lowest BCUT2D eigenvalue weighted by molar-refractivity contribution is -0.113. The van der Waals surface area contributed by atoms with E-state index in [9.17, 15) is 4.79 Å². The highest BCUT2D eigenvalue weighted by Crippen LogP contribution is 2.46. The molecule has 2 aromatic heterocycles. The summed E-state index contributed by atoms with van der Waals surface area (Å²) in [7, 11) is 3.98. The number of carbonyl (C=O) groups excluding carboxylic acids is 1. The van der Waals surface area contributed by atoms with Crippen LogP contribution in [-0.4, -0.2) is 52.5 Å². The van der Waals surface area contributed by atoms with E-state index in [1.807, 2.05) is 12.1 Å². The highest BCUT2D eigenvalue weighted by atomic mass is 16.2. The van der Waals surface area contributed by atoms with Crippen LogP contribution in [-0.2, 0) is 11.3 Å². The molecule has 31 heavy (non-hydrogen) atoms. The number of aromatic nitrogens is 3. The van der Waals surface area contributed by atoms with Crippen LogP contribution in [0.3, 0.4) is 0 Å². The van der Waals surface area contributed by atoms with Crippen molar-refractivity contribution >= 4 is 22.8 Å². The van der Waals surface area contributed by atoms with E-state index in [1.165, 1.54) is 37.6 Å². The Hall–Kier alpha value is -2.99. The fourth-order valence-electron chi connectivity index (χ4n) is 5.45. The molecule has 3 aromatic rings. The van der Waals surface area contributed by atoms with Crippen LogP contribution in [0.5, 0.6) is 0 Å². The van der Waals surface area contributed by atoms with Crippen molar-refractivity contribution in [1.82, 2.24) is 19.4 Å². The summed E-state index contributed by atoms with van der Waals surface area (Å²) in [6.07, 6.45) is 5.43. The summed E-state index contributed by atoms with van der Waals surface area (Å²) in [4.78, 5) is 25.8. The number of fused-ring (bicyclic) bond motifs is 2. The molecule has 1 aromatic carbocycles. The highest BCUT2D eigenvalue weighted by Gasteiger charge is 2.41. The summed E-state index contributed by atoms with van der Waals surface area (Å²) < 4.78 is 2.32. The zero-order chi connectivity index (χ0) is 21.5. The van der Waals surface area contributed by atoms with Crippen molar-refractivity contribution in [2.45, 2.75) is 25.3 Å². The first-order chi connectivity index (χ1) is 15.0. The standard InChI is InChI=1S/C25H29N5O/c1-4-23(31)29(3)21-12-22-24(26-13-21)27-25(30(22)14-17-8-6-5-7-9-17)18-10-19-15-28(2)16-20(19)11-18/h4-9,12-13,18-20H,1,10-11,14-16H2,2-3H3/t18?,19-,20+. The summed E-state index contributed by atoms with van der Waals surface area (Å²) in [5.74, 6) is 2.97. The molecule has 0 radical (unpaired) electrons. The third-order valence-corrected chi connectivity index (χ3v) is 7.00. The number of likely N-dealkylation sites (N-methyl/N-ethyl adjacent to an activating group) is 1. The van der Waals surface area contributed by atoms with Crippen LogP contribution in [0.2, 0.25) is 0 Å². The highest BCUT2D eigenvalue weighted by molar-refractivity contribution is 6.01. The number of pyridine rings is 1. The van der Waals surface area contributed by atoms with Crippen molar-refractivity contribution in [3.8, 4) is 0 Å². The number of anilines is 1. The van der Waals surface area contributed by atoms with Gasteiger partial charge in [-0.05, 0) is 49.4 Å². The maximum absolute atomic E-state index is 12.1. The van der Waals surface area contributed by atoms with Gasteiger partial charge in [0.05, 0.1) is 17.4 Å². The molecule has 2 fully saturated rings. The van der Waals surface area contributed by atoms with Crippen LogP contribution in [0.25, 0.3) is 11.2 Å². The second kappa shape index (κ2) is 7.93. The van der Waals surface area contributed by atoms with Crippen LogP contribution in [0.1, 0.15) is 30.1 Å². The minimum Gasteiger partial charge on any atom is -0.322 e. The lowest BCUT2D eigenvalue weighted by Gasteiger charge is -2.17. The zero-order valence-corrected chi connectivity index (χ0v) is 18.2. The molecule has 0 bridgehead atoms. The van der Waals surface area contributed by atoms with Gasteiger partial charge in [-0.3, -0.25) is 4.79 Å². The topological polar surface area (TPSA) is 54.3 Å². The SMILES string of the molecule is C=CC(=O)N(C)c1cnc2nc(C3C[C@@H]4CN(C)C[C@@H]4C3)n(Cc3ccccc3)c2c1. The van der Waals surface area contributed by atoms with E-state index in [0.717, 1.165) is 41.1 Å². The Morgan fingerprint density at radius 2 is 1.94 bits per heavy atom. The Bertz CT molecular complexity index is 1110. The van der Waals surface area contributed by atoms with Gasteiger partial charge in [0.15, 0.2) is 5.65 Å². The number of carbonyl (C=O) groups is 1. The van der Waals surface area contributed by atoms with Gasteiger partial charge in [-0.2, -0.15) is 0 Å². The van der Waals surface area contributed by atoms with Gasteiger partial charge in [0.2, 0.25) is 5.91 Å². The summed E-state index contributed by atoms with van der Waals surface area (Å²) in [6.45, 7) is 6.74. The molecule has 6 nitrogen and oxygen atoms in total. The van der Waals surface area contributed by atoms with Gasteiger partial charge in [-0.15, -0.1) is 0 Å². The van der Waals surface area contributed by atoms with Crippen LogP contribution < -0.4 is 4.90 Å². The average molecular weight is 416 g/mol. The molecule has 1 aliphatic heterocycles. The largest absolute Gasteiger partial charge is 0.322 e. The molecular formula is C25H29N5O. The molecule has 1 amide bonds. The van der Waals surface area contributed by atoms with Crippen LogP contribution >= 0.6 is 0 Å². The number of likely N-dealkylation sites (tertiary alicyclic amines) is 1. The Morgan fingerprint density at radius 1 is 1.23 bits per heavy atom. The lowest BCUT2D eigenvalue weighted by atomic mass is 10.0. The number of imidazole rings is 1. The van der Waals surface area contributed by atoms with E-state index in [2.05, 4.69) is 52.3 Å². The Labute approximate surface area is 183 Å². The Morgan fingerprint density at radius 3 is 2.61 bits per heavy atom. The lowest BCUT2D eigenvalue weighted by Crippen LogP contribution is -2.23. The molecule has 1 saturated heterocycles. The Kier molecular flexibility index (Phi) is 5.10. The molecule has 1 unspecified atom stereocenters. The molecule has 0 spiro atoms. The normalized spacial score (nSPS) is 23.2. The minimum atomic E-state index is -0.150. The summed E-state index contributed by atoms with van der Waals surface area (Å²) in [6, 6.07) is 12.5. The van der Waals surface area contributed by atoms with Gasteiger partial charge in [0.1, 0.15) is 5.82 Å².